The molecular formula is C13H25NO2. The molecule has 1 saturated heterocycles. The SMILES string of the molecule is COC1CCCC(N2CC(O)(C(C)C)C2)C1. The van der Waals surface area contributed by atoms with Crippen LogP contribution in [0.5, 0.6) is 0 Å². The first kappa shape index (κ1) is 12.3. The fourth-order valence-corrected chi connectivity index (χ4v) is 2.95. The van der Waals surface area contributed by atoms with Crippen LogP contribution in [0, 0.1) is 5.92 Å². The summed E-state index contributed by atoms with van der Waals surface area (Å²) in [4.78, 5) is 2.44. The Bertz CT molecular complexity index is 236. The molecule has 1 aliphatic heterocycles. The van der Waals surface area contributed by atoms with Gasteiger partial charge in [-0.3, -0.25) is 4.90 Å². The lowest BCUT2D eigenvalue weighted by atomic mass is 9.79. The molecule has 3 nitrogen and oxygen atoms in total. The highest BCUT2D eigenvalue weighted by Gasteiger charge is 2.46. The van der Waals surface area contributed by atoms with E-state index in [1.165, 1.54) is 19.3 Å². The number of β-amino-alcohol motifs (C(OH)–C–C–N with tert-alkyl or cyclic N) is 1. The van der Waals surface area contributed by atoms with Gasteiger partial charge in [-0.1, -0.05) is 13.8 Å². The molecule has 0 spiro atoms. The molecule has 2 unspecified atom stereocenters. The van der Waals surface area contributed by atoms with E-state index in [0.29, 0.717) is 18.1 Å². The predicted octanol–water partition coefficient (Wildman–Crippen LogP) is 1.65. The highest BCUT2D eigenvalue weighted by atomic mass is 16.5. The van der Waals surface area contributed by atoms with Gasteiger partial charge in [0.1, 0.15) is 0 Å². The molecule has 0 aromatic rings. The molecule has 3 heteroatoms. The quantitative estimate of drug-likeness (QED) is 0.795. The summed E-state index contributed by atoms with van der Waals surface area (Å²) in [6, 6.07) is 0.637. The summed E-state index contributed by atoms with van der Waals surface area (Å²) in [7, 11) is 1.81. The van der Waals surface area contributed by atoms with Gasteiger partial charge < -0.3 is 9.84 Å². The summed E-state index contributed by atoms with van der Waals surface area (Å²) in [6.45, 7) is 5.92. The van der Waals surface area contributed by atoms with Gasteiger partial charge in [0.2, 0.25) is 0 Å². The zero-order valence-corrected chi connectivity index (χ0v) is 10.8. The third kappa shape index (κ3) is 2.27. The lowest BCUT2D eigenvalue weighted by Crippen LogP contribution is -2.67. The Labute approximate surface area is 98.8 Å². The van der Waals surface area contributed by atoms with Crippen LogP contribution in [0.25, 0.3) is 0 Å². The fraction of sp³-hybridized carbons (Fsp3) is 1.00. The van der Waals surface area contributed by atoms with Gasteiger partial charge in [-0.15, -0.1) is 0 Å². The van der Waals surface area contributed by atoms with Crippen LogP contribution in [0.4, 0.5) is 0 Å². The number of aliphatic hydroxyl groups is 1. The maximum Gasteiger partial charge on any atom is 0.0923 e. The first-order valence-corrected chi connectivity index (χ1v) is 6.54. The third-order valence-electron chi connectivity index (χ3n) is 4.48. The smallest absolute Gasteiger partial charge is 0.0923 e. The van der Waals surface area contributed by atoms with Crippen LogP contribution in [-0.2, 0) is 4.74 Å². The molecule has 2 aliphatic rings. The Morgan fingerprint density at radius 2 is 2.00 bits per heavy atom. The van der Waals surface area contributed by atoms with Crippen molar-refractivity contribution in [3.63, 3.8) is 0 Å². The minimum atomic E-state index is -0.431. The minimum Gasteiger partial charge on any atom is -0.387 e. The molecule has 0 amide bonds. The lowest BCUT2D eigenvalue weighted by Gasteiger charge is -2.53. The Morgan fingerprint density at radius 1 is 1.31 bits per heavy atom. The molecule has 0 bridgehead atoms. The Kier molecular flexibility index (Phi) is 3.57. The van der Waals surface area contributed by atoms with Crippen molar-refractivity contribution in [3.05, 3.63) is 0 Å². The van der Waals surface area contributed by atoms with E-state index in [1.807, 2.05) is 7.11 Å². The number of ether oxygens (including phenoxy) is 1. The third-order valence-corrected chi connectivity index (χ3v) is 4.48. The molecule has 0 aromatic heterocycles. The van der Waals surface area contributed by atoms with Gasteiger partial charge in [0.15, 0.2) is 0 Å². The number of methoxy groups -OCH3 is 1. The monoisotopic (exact) mass is 227 g/mol. The van der Waals surface area contributed by atoms with Crippen molar-refractivity contribution in [2.24, 2.45) is 5.92 Å². The minimum absolute atomic E-state index is 0.366. The van der Waals surface area contributed by atoms with Gasteiger partial charge >= 0.3 is 0 Å². The molecule has 2 atom stereocenters. The summed E-state index contributed by atoms with van der Waals surface area (Å²) >= 11 is 0. The summed E-state index contributed by atoms with van der Waals surface area (Å²) in [5.74, 6) is 0.366. The van der Waals surface area contributed by atoms with Crippen molar-refractivity contribution in [3.8, 4) is 0 Å². The standard InChI is InChI=1S/C13H25NO2/c1-10(2)13(15)8-14(9-13)11-5-4-6-12(7-11)16-3/h10-12,15H,4-9H2,1-3H3. The van der Waals surface area contributed by atoms with Crippen molar-refractivity contribution >= 4 is 0 Å². The topological polar surface area (TPSA) is 32.7 Å². The van der Waals surface area contributed by atoms with Gasteiger partial charge in [0.05, 0.1) is 11.7 Å². The van der Waals surface area contributed by atoms with E-state index in [2.05, 4.69) is 18.7 Å². The molecule has 0 aromatic carbocycles. The van der Waals surface area contributed by atoms with Crippen LogP contribution < -0.4 is 0 Å². The number of nitrogens with zero attached hydrogens (tertiary/aromatic N) is 1. The van der Waals surface area contributed by atoms with Crippen molar-refractivity contribution in [1.29, 1.82) is 0 Å². The first-order valence-electron chi connectivity index (χ1n) is 6.54. The second-order valence-corrected chi connectivity index (χ2v) is 5.84. The highest BCUT2D eigenvalue weighted by Crippen LogP contribution is 2.35. The van der Waals surface area contributed by atoms with Crippen molar-refractivity contribution < 1.29 is 9.84 Å². The van der Waals surface area contributed by atoms with Gasteiger partial charge in [0.25, 0.3) is 0 Å². The molecule has 2 fully saturated rings. The van der Waals surface area contributed by atoms with Crippen molar-refractivity contribution in [2.75, 3.05) is 20.2 Å². The van der Waals surface area contributed by atoms with E-state index in [9.17, 15) is 5.11 Å². The maximum atomic E-state index is 10.2. The highest BCUT2D eigenvalue weighted by molar-refractivity contribution is 5.01. The predicted molar refractivity (Wildman–Crippen MR) is 64.4 cm³/mol. The second kappa shape index (κ2) is 4.63. The molecule has 16 heavy (non-hydrogen) atoms. The average molecular weight is 227 g/mol. The molecule has 0 radical (unpaired) electrons. The summed E-state index contributed by atoms with van der Waals surface area (Å²) in [5.41, 5.74) is -0.431. The molecule has 1 heterocycles. The van der Waals surface area contributed by atoms with Crippen LogP contribution >= 0.6 is 0 Å². The summed E-state index contributed by atoms with van der Waals surface area (Å²) in [6.07, 6.45) is 5.32. The molecule has 2 rings (SSSR count). The number of hydrogen-bond donors (Lipinski definition) is 1. The van der Waals surface area contributed by atoms with Gasteiger partial charge in [-0.05, 0) is 31.6 Å². The molecular weight excluding hydrogens is 202 g/mol. The second-order valence-electron chi connectivity index (χ2n) is 5.84. The molecule has 1 N–H and O–H groups in total. The number of rotatable bonds is 3. The number of hydrogen-bond acceptors (Lipinski definition) is 3. The van der Waals surface area contributed by atoms with Crippen molar-refractivity contribution in [1.82, 2.24) is 4.90 Å². The van der Waals surface area contributed by atoms with E-state index in [0.717, 1.165) is 19.5 Å². The van der Waals surface area contributed by atoms with E-state index >= 15 is 0 Å². The van der Waals surface area contributed by atoms with E-state index in [-0.39, 0.29) is 0 Å². The van der Waals surface area contributed by atoms with E-state index in [4.69, 9.17) is 4.74 Å². The molecule has 1 aliphatic carbocycles. The van der Waals surface area contributed by atoms with Crippen LogP contribution in [0.2, 0.25) is 0 Å². The zero-order valence-electron chi connectivity index (χ0n) is 10.8. The van der Waals surface area contributed by atoms with E-state index < -0.39 is 5.60 Å². The molecule has 1 saturated carbocycles. The summed E-state index contributed by atoms with van der Waals surface area (Å²) < 4.78 is 5.45. The maximum absolute atomic E-state index is 10.2. The largest absolute Gasteiger partial charge is 0.387 e. The van der Waals surface area contributed by atoms with Crippen LogP contribution in [0.1, 0.15) is 39.5 Å². The van der Waals surface area contributed by atoms with Crippen LogP contribution in [-0.4, -0.2) is 48.0 Å². The van der Waals surface area contributed by atoms with Crippen molar-refractivity contribution in [2.45, 2.75) is 57.3 Å². The van der Waals surface area contributed by atoms with Crippen LogP contribution in [0.3, 0.4) is 0 Å². The lowest BCUT2D eigenvalue weighted by molar-refractivity contribution is -0.151. The molecule has 94 valence electrons. The Morgan fingerprint density at radius 3 is 2.56 bits per heavy atom. The number of likely N-dealkylation sites (tertiary alicyclic amines) is 1. The average Bonchev–Trinajstić information content (AvgIpc) is 2.24. The normalized spacial score (nSPS) is 35.1. The first-order chi connectivity index (χ1) is 7.55. The Hall–Kier alpha value is -0.120. The van der Waals surface area contributed by atoms with Gasteiger partial charge in [-0.25, -0.2) is 0 Å². The van der Waals surface area contributed by atoms with Gasteiger partial charge in [-0.2, -0.15) is 0 Å². The zero-order chi connectivity index (χ0) is 11.8. The summed E-state index contributed by atoms with van der Waals surface area (Å²) in [5, 5.41) is 10.2. The van der Waals surface area contributed by atoms with Gasteiger partial charge in [0, 0.05) is 26.2 Å². The fourth-order valence-electron chi connectivity index (χ4n) is 2.95. The Balaban J connectivity index is 1.83. The van der Waals surface area contributed by atoms with E-state index in [1.54, 1.807) is 0 Å². The van der Waals surface area contributed by atoms with Crippen LogP contribution in [0.15, 0.2) is 0 Å².